The topological polar surface area (TPSA) is 35.8 Å². The zero-order valence-corrected chi connectivity index (χ0v) is 10.3. The highest BCUT2D eigenvalue weighted by atomic mass is 19.4. The van der Waals surface area contributed by atoms with Gasteiger partial charge in [0, 0.05) is 0 Å². The van der Waals surface area contributed by atoms with Crippen LogP contribution in [0.5, 0.6) is 0 Å². The summed E-state index contributed by atoms with van der Waals surface area (Å²) in [5, 5.41) is 11.6. The van der Waals surface area contributed by atoms with E-state index in [0.29, 0.717) is 24.7 Å². The number of nitriles is 1. The molecule has 1 saturated carbocycles. The molecule has 1 aliphatic rings. The summed E-state index contributed by atoms with van der Waals surface area (Å²) in [5.41, 5.74) is -0.983. The summed E-state index contributed by atoms with van der Waals surface area (Å²) in [6, 6.07) is 2.06. The summed E-state index contributed by atoms with van der Waals surface area (Å²) < 4.78 is 36.6. The molecule has 98 valence electrons. The highest BCUT2D eigenvalue weighted by Crippen LogP contribution is 2.36. The molecule has 5 heteroatoms. The van der Waals surface area contributed by atoms with Crippen molar-refractivity contribution < 1.29 is 13.2 Å². The van der Waals surface area contributed by atoms with Gasteiger partial charge in [0.2, 0.25) is 0 Å². The molecule has 0 aromatic carbocycles. The molecule has 0 aromatic rings. The molecule has 1 N–H and O–H groups in total. The number of hydrogen-bond acceptors (Lipinski definition) is 2. The zero-order chi connectivity index (χ0) is 13.1. The highest BCUT2D eigenvalue weighted by Gasteiger charge is 2.40. The fourth-order valence-electron chi connectivity index (χ4n) is 2.46. The van der Waals surface area contributed by atoms with Crippen molar-refractivity contribution in [1.82, 2.24) is 5.32 Å². The van der Waals surface area contributed by atoms with E-state index in [2.05, 4.69) is 25.2 Å². The lowest BCUT2D eigenvalue weighted by Crippen LogP contribution is -2.51. The second-order valence-corrected chi connectivity index (χ2v) is 5.26. The first-order valence-corrected chi connectivity index (χ1v) is 6.01. The van der Waals surface area contributed by atoms with Crippen molar-refractivity contribution in [3.8, 4) is 6.07 Å². The van der Waals surface area contributed by atoms with E-state index >= 15 is 0 Å². The minimum Gasteiger partial charge on any atom is -0.291 e. The molecule has 1 rings (SSSR count). The van der Waals surface area contributed by atoms with Gasteiger partial charge in [-0.1, -0.05) is 20.3 Å². The minimum absolute atomic E-state index is 0.337. The molecule has 2 atom stereocenters. The Kier molecular flexibility index (Phi) is 4.42. The maximum atomic E-state index is 12.2. The SMILES string of the molecule is CC(C)C1CCCC(C#N)(NCC(F)(F)F)C1. The van der Waals surface area contributed by atoms with Crippen LogP contribution in [0.15, 0.2) is 0 Å². The molecule has 0 aliphatic heterocycles. The summed E-state index contributed by atoms with van der Waals surface area (Å²) in [7, 11) is 0. The Morgan fingerprint density at radius 2 is 2.12 bits per heavy atom. The first kappa shape index (κ1) is 14.3. The summed E-state index contributed by atoms with van der Waals surface area (Å²) in [5.74, 6) is 0.750. The van der Waals surface area contributed by atoms with Crippen molar-refractivity contribution in [2.24, 2.45) is 11.8 Å². The minimum atomic E-state index is -4.26. The Bertz CT molecular complexity index is 293. The van der Waals surface area contributed by atoms with Crippen LogP contribution >= 0.6 is 0 Å². The second kappa shape index (κ2) is 5.26. The third kappa shape index (κ3) is 4.19. The smallest absolute Gasteiger partial charge is 0.291 e. The summed E-state index contributed by atoms with van der Waals surface area (Å²) in [4.78, 5) is 0. The van der Waals surface area contributed by atoms with Crippen molar-refractivity contribution in [2.75, 3.05) is 6.54 Å². The molecule has 0 amide bonds. The third-order valence-electron chi connectivity index (χ3n) is 3.57. The van der Waals surface area contributed by atoms with E-state index in [1.807, 2.05) is 0 Å². The van der Waals surface area contributed by atoms with Crippen LogP contribution < -0.4 is 5.32 Å². The first-order valence-electron chi connectivity index (χ1n) is 6.01. The van der Waals surface area contributed by atoms with Crippen LogP contribution in [0.3, 0.4) is 0 Å². The highest BCUT2D eigenvalue weighted by molar-refractivity contribution is 5.10. The van der Waals surface area contributed by atoms with Crippen LogP contribution in [0, 0.1) is 23.2 Å². The predicted octanol–water partition coefficient (Wildman–Crippen LogP) is 3.25. The van der Waals surface area contributed by atoms with Crippen LogP contribution in [-0.4, -0.2) is 18.3 Å². The van der Waals surface area contributed by atoms with Crippen LogP contribution in [0.1, 0.15) is 39.5 Å². The summed E-state index contributed by atoms with van der Waals surface area (Å²) in [6.45, 7) is 3.04. The Hall–Kier alpha value is -0.760. The van der Waals surface area contributed by atoms with Gasteiger partial charge in [0.25, 0.3) is 0 Å². The largest absolute Gasteiger partial charge is 0.401 e. The van der Waals surface area contributed by atoms with E-state index in [0.717, 1.165) is 12.8 Å². The predicted molar refractivity (Wildman–Crippen MR) is 59.2 cm³/mol. The van der Waals surface area contributed by atoms with Crippen molar-refractivity contribution in [2.45, 2.75) is 51.2 Å². The van der Waals surface area contributed by atoms with Gasteiger partial charge in [-0.2, -0.15) is 18.4 Å². The second-order valence-electron chi connectivity index (χ2n) is 5.26. The quantitative estimate of drug-likeness (QED) is 0.832. The number of hydrogen-bond donors (Lipinski definition) is 1. The number of nitrogens with zero attached hydrogens (tertiary/aromatic N) is 1. The van der Waals surface area contributed by atoms with E-state index in [1.54, 1.807) is 0 Å². The van der Waals surface area contributed by atoms with E-state index in [4.69, 9.17) is 5.26 Å². The van der Waals surface area contributed by atoms with Gasteiger partial charge in [-0.25, -0.2) is 0 Å². The monoisotopic (exact) mass is 248 g/mol. The Labute approximate surface area is 100 Å². The number of alkyl halides is 3. The van der Waals surface area contributed by atoms with Gasteiger partial charge < -0.3 is 0 Å². The van der Waals surface area contributed by atoms with E-state index in [-0.39, 0.29) is 0 Å². The van der Waals surface area contributed by atoms with Crippen LogP contribution in [0.2, 0.25) is 0 Å². The van der Waals surface area contributed by atoms with Gasteiger partial charge in [-0.05, 0) is 31.1 Å². The van der Waals surface area contributed by atoms with Crippen LogP contribution in [0.4, 0.5) is 13.2 Å². The summed E-state index contributed by atoms with van der Waals surface area (Å²) in [6.07, 6.45) is -1.38. The molecular formula is C12H19F3N2. The lowest BCUT2D eigenvalue weighted by molar-refractivity contribution is -0.128. The maximum Gasteiger partial charge on any atom is 0.401 e. The standard InChI is InChI=1S/C12H19F3N2/c1-9(2)10-4-3-5-11(6-10,7-16)17-8-12(13,14)15/h9-10,17H,3-6,8H2,1-2H3. The van der Waals surface area contributed by atoms with Crippen molar-refractivity contribution in [1.29, 1.82) is 5.26 Å². The molecule has 1 fully saturated rings. The fraction of sp³-hybridized carbons (Fsp3) is 0.917. The van der Waals surface area contributed by atoms with Gasteiger partial charge in [0.1, 0.15) is 5.54 Å². The number of nitrogens with one attached hydrogen (secondary N) is 1. The molecule has 17 heavy (non-hydrogen) atoms. The van der Waals surface area contributed by atoms with Gasteiger partial charge >= 0.3 is 6.18 Å². The maximum absolute atomic E-state index is 12.2. The molecular weight excluding hydrogens is 229 g/mol. The molecule has 2 unspecified atom stereocenters. The van der Waals surface area contributed by atoms with E-state index in [9.17, 15) is 13.2 Å². The number of halogens is 3. The molecule has 0 spiro atoms. The summed E-state index contributed by atoms with van der Waals surface area (Å²) >= 11 is 0. The van der Waals surface area contributed by atoms with Gasteiger partial charge in [-0.3, -0.25) is 5.32 Å². The Balaban J connectivity index is 2.65. The van der Waals surface area contributed by atoms with Gasteiger partial charge in [0.05, 0.1) is 12.6 Å². The van der Waals surface area contributed by atoms with Crippen molar-refractivity contribution >= 4 is 0 Å². The average molecular weight is 248 g/mol. The lowest BCUT2D eigenvalue weighted by atomic mass is 9.72. The number of rotatable bonds is 3. The third-order valence-corrected chi connectivity index (χ3v) is 3.57. The van der Waals surface area contributed by atoms with Gasteiger partial charge in [0.15, 0.2) is 0 Å². The van der Waals surface area contributed by atoms with E-state index < -0.39 is 18.3 Å². The molecule has 0 heterocycles. The molecule has 0 radical (unpaired) electrons. The molecule has 1 aliphatic carbocycles. The van der Waals surface area contributed by atoms with Crippen LogP contribution in [0.25, 0.3) is 0 Å². The fourth-order valence-corrected chi connectivity index (χ4v) is 2.46. The van der Waals surface area contributed by atoms with E-state index in [1.165, 1.54) is 0 Å². The average Bonchev–Trinajstić information content (AvgIpc) is 2.26. The Morgan fingerprint density at radius 3 is 2.59 bits per heavy atom. The van der Waals surface area contributed by atoms with Crippen LogP contribution in [-0.2, 0) is 0 Å². The first-order chi connectivity index (χ1) is 7.78. The van der Waals surface area contributed by atoms with Crippen molar-refractivity contribution in [3.63, 3.8) is 0 Å². The molecule has 2 nitrogen and oxygen atoms in total. The zero-order valence-electron chi connectivity index (χ0n) is 10.3. The Morgan fingerprint density at radius 1 is 1.47 bits per heavy atom. The van der Waals surface area contributed by atoms with Crippen molar-refractivity contribution in [3.05, 3.63) is 0 Å². The molecule has 0 aromatic heterocycles. The van der Waals surface area contributed by atoms with Gasteiger partial charge in [-0.15, -0.1) is 0 Å². The normalized spacial score (nSPS) is 30.3. The lowest BCUT2D eigenvalue weighted by Gasteiger charge is -2.38. The molecule has 0 saturated heterocycles. The molecule has 0 bridgehead atoms.